The molecule has 7 heteroatoms. The minimum atomic E-state index is -0.756. The lowest BCUT2D eigenvalue weighted by Gasteiger charge is -2.29. The van der Waals surface area contributed by atoms with Crippen LogP contribution in [-0.2, 0) is 9.59 Å². The second kappa shape index (κ2) is 7.32. The number of aliphatic carboxylic acids is 1. The minimum Gasteiger partial charge on any atom is -0.481 e. The highest BCUT2D eigenvalue weighted by molar-refractivity contribution is 5.81. The summed E-state index contributed by atoms with van der Waals surface area (Å²) in [5, 5.41) is 12.8. The highest BCUT2D eigenvalue weighted by Crippen LogP contribution is 2.48. The van der Waals surface area contributed by atoms with Gasteiger partial charge in [0, 0.05) is 38.1 Å². The van der Waals surface area contributed by atoms with E-state index in [-0.39, 0.29) is 29.8 Å². The normalized spacial score (nSPS) is 35.9. The maximum Gasteiger partial charge on any atom is 0.317 e. The lowest BCUT2D eigenvalue weighted by atomic mass is 9.81. The van der Waals surface area contributed by atoms with Gasteiger partial charge in [-0.1, -0.05) is 6.42 Å². The summed E-state index contributed by atoms with van der Waals surface area (Å²) in [6, 6.07) is -0.126. The maximum atomic E-state index is 12.7. The molecule has 2 N–H and O–H groups in total. The lowest BCUT2D eigenvalue weighted by molar-refractivity contribution is -0.149. The molecule has 2 saturated carbocycles. The molecule has 0 aromatic heterocycles. The van der Waals surface area contributed by atoms with Gasteiger partial charge < -0.3 is 20.2 Å². The molecule has 2 aliphatic carbocycles. The first-order valence-electron chi connectivity index (χ1n) is 10.6. The Morgan fingerprint density at radius 2 is 1.74 bits per heavy atom. The Morgan fingerprint density at radius 1 is 0.963 bits per heavy atom. The summed E-state index contributed by atoms with van der Waals surface area (Å²) in [4.78, 5) is 40.9. The fraction of sp³-hybridized carbons (Fsp3) is 0.850. The van der Waals surface area contributed by atoms with E-state index in [2.05, 4.69) is 5.32 Å². The van der Waals surface area contributed by atoms with Crippen LogP contribution in [0.2, 0.25) is 0 Å². The second-order valence-electron chi connectivity index (χ2n) is 8.97. The van der Waals surface area contributed by atoms with Crippen molar-refractivity contribution in [2.45, 2.75) is 63.8 Å². The molecule has 150 valence electrons. The Kier molecular flexibility index (Phi) is 5.03. The molecule has 0 radical (unpaired) electrons. The molecule has 27 heavy (non-hydrogen) atoms. The van der Waals surface area contributed by atoms with Gasteiger partial charge >= 0.3 is 12.0 Å². The molecule has 2 aliphatic heterocycles. The van der Waals surface area contributed by atoms with Crippen molar-refractivity contribution in [3.05, 3.63) is 0 Å². The van der Waals surface area contributed by atoms with Crippen LogP contribution in [0.4, 0.5) is 4.79 Å². The molecule has 0 bridgehead atoms. The lowest BCUT2D eigenvalue weighted by Crippen LogP contribution is -2.45. The third-order valence-electron chi connectivity index (χ3n) is 7.36. The van der Waals surface area contributed by atoms with Gasteiger partial charge in [0.05, 0.1) is 5.41 Å². The van der Waals surface area contributed by atoms with Gasteiger partial charge in [-0.3, -0.25) is 9.59 Å². The van der Waals surface area contributed by atoms with Crippen LogP contribution in [0.5, 0.6) is 0 Å². The fourth-order valence-electron chi connectivity index (χ4n) is 5.77. The van der Waals surface area contributed by atoms with Crippen LogP contribution in [0.15, 0.2) is 0 Å². The standard InChI is InChI=1S/C20H31N3O4/c24-17(22-9-2-1-3-10-22)14-6-7-16(11-14)21-19(27)23-12-15-5-4-8-20(15,13-23)18(25)26/h14-16H,1-13H2,(H,21,27)(H,25,26)/t14-,15+,16+,20-/m1/s1. The van der Waals surface area contributed by atoms with E-state index in [1.54, 1.807) is 4.90 Å². The number of fused-ring (bicyclic) bond motifs is 1. The third-order valence-corrected chi connectivity index (χ3v) is 7.36. The number of amides is 3. The van der Waals surface area contributed by atoms with Gasteiger partial charge in [0.2, 0.25) is 5.91 Å². The SMILES string of the molecule is O=C(N[C@H]1CC[C@@H](C(=O)N2CCCCC2)C1)N1C[C@@H]2CCC[C@@]2(C(=O)O)C1. The summed E-state index contributed by atoms with van der Waals surface area (Å²) in [5.74, 6) is -0.394. The van der Waals surface area contributed by atoms with Crippen molar-refractivity contribution >= 4 is 17.9 Å². The number of likely N-dealkylation sites (tertiary alicyclic amines) is 2. The molecule has 4 rings (SSSR count). The zero-order valence-electron chi connectivity index (χ0n) is 16.0. The van der Waals surface area contributed by atoms with Gasteiger partial charge in [-0.25, -0.2) is 4.79 Å². The van der Waals surface area contributed by atoms with E-state index in [0.717, 1.165) is 51.6 Å². The van der Waals surface area contributed by atoms with Crippen molar-refractivity contribution in [3.63, 3.8) is 0 Å². The van der Waals surface area contributed by atoms with E-state index < -0.39 is 11.4 Å². The molecule has 2 heterocycles. The molecule has 4 aliphatic rings. The molecular weight excluding hydrogens is 346 g/mol. The number of nitrogens with one attached hydrogen (secondary N) is 1. The number of nitrogens with zero attached hydrogens (tertiary/aromatic N) is 2. The summed E-state index contributed by atoms with van der Waals surface area (Å²) in [6.45, 7) is 2.61. The number of carbonyl (C=O) groups excluding carboxylic acids is 2. The van der Waals surface area contributed by atoms with Gasteiger partial charge in [0.15, 0.2) is 0 Å². The Morgan fingerprint density at radius 3 is 2.44 bits per heavy atom. The number of hydrogen-bond acceptors (Lipinski definition) is 3. The summed E-state index contributed by atoms with van der Waals surface area (Å²) in [7, 11) is 0. The van der Waals surface area contributed by atoms with Gasteiger partial charge in [-0.05, 0) is 57.3 Å². The molecule has 3 amide bonds. The van der Waals surface area contributed by atoms with Crippen LogP contribution in [0.1, 0.15) is 57.8 Å². The average Bonchev–Trinajstić information content (AvgIpc) is 3.36. The molecular formula is C20H31N3O4. The first-order valence-corrected chi connectivity index (χ1v) is 10.6. The first-order chi connectivity index (χ1) is 13.0. The number of rotatable bonds is 3. The van der Waals surface area contributed by atoms with E-state index in [0.29, 0.717) is 25.9 Å². The molecule has 7 nitrogen and oxygen atoms in total. The van der Waals surface area contributed by atoms with Crippen LogP contribution in [0, 0.1) is 17.3 Å². The van der Waals surface area contributed by atoms with Crippen LogP contribution >= 0.6 is 0 Å². The summed E-state index contributed by atoms with van der Waals surface area (Å²) < 4.78 is 0. The zero-order valence-corrected chi connectivity index (χ0v) is 16.0. The van der Waals surface area contributed by atoms with Crippen molar-refractivity contribution in [2.75, 3.05) is 26.2 Å². The first kappa shape index (κ1) is 18.6. The van der Waals surface area contributed by atoms with Crippen molar-refractivity contribution < 1.29 is 19.5 Å². The number of carboxylic acid groups (broad SMARTS) is 1. The van der Waals surface area contributed by atoms with Crippen molar-refractivity contribution in [1.82, 2.24) is 15.1 Å². The summed E-state index contributed by atoms with van der Waals surface area (Å²) >= 11 is 0. The van der Waals surface area contributed by atoms with Crippen molar-refractivity contribution in [1.29, 1.82) is 0 Å². The predicted octanol–water partition coefficient (Wildman–Crippen LogP) is 2.06. The Bertz CT molecular complexity index is 618. The highest BCUT2D eigenvalue weighted by atomic mass is 16.4. The van der Waals surface area contributed by atoms with E-state index >= 15 is 0 Å². The Balaban J connectivity index is 1.29. The fourth-order valence-corrected chi connectivity index (χ4v) is 5.77. The molecule has 2 saturated heterocycles. The van der Waals surface area contributed by atoms with E-state index in [4.69, 9.17) is 0 Å². The molecule has 0 spiro atoms. The maximum absolute atomic E-state index is 12.7. The quantitative estimate of drug-likeness (QED) is 0.788. The van der Waals surface area contributed by atoms with E-state index in [9.17, 15) is 19.5 Å². The molecule has 4 fully saturated rings. The zero-order chi connectivity index (χ0) is 19.0. The molecule has 0 unspecified atom stereocenters. The number of carboxylic acids is 1. The van der Waals surface area contributed by atoms with Crippen LogP contribution < -0.4 is 5.32 Å². The van der Waals surface area contributed by atoms with Crippen LogP contribution in [0.3, 0.4) is 0 Å². The average molecular weight is 377 g/mol. The van der Waals surface area contributed by atoms with E-state index in [1.807, 2.05) is 4.90 Å². The number of carbonyl (C=O) groups is 3. The number of urea groups is 1. The highest BCUT2D eigenvalue weighted by Gasteiger charge is 2.56. The Hall–Kier alpha value is -1.79. The smallest absolute Gasteiger partial charge is 0.317 e. The van der Waals surface area contributed by atoms with Crippen LogP contribution in [-0.4, -0.2) is 65.0 Å². The minimum absolute atomic E-state index is 0.0247. The topological polar surface area (TPSA) is 90.0 Å². The molecule has 4 atom stereocenters. The van der Waals surface area contributed by atoms with E-state index in [1.165, 1.54) is 6.42 Å². The third kappa shape index (κ3) is 3.41. The predicted molar refractivity (Wildman–Crippen MR) is 99.1 cm³/mol. The second-order valence-corrected chi connectivity index (χ2v) is 8.97. The van der Waals surface area contributed by atoms with Gasteiger partial charge in [0.25, 0.3) is 0 Å². The van der Waals surface area contributed by atoms with Crippen LogP contribution in [0.25, 0.3) is 0 Å². The van der Waals surface area contributed by atoms with Gasteiger partial charge in [0.1, 0.15) is 0 Å². The summed E-state index contributed by atoms with van der Waals surface area (Å²) in [5.41, 5.74) is -0.736. The van der Waals surface area contributed by atoms with Gasteiger partial charge in [-0.15, -0.1) is 0 Å². The number of piperidine rings is 1. The molecule has 0 aromatic rings. The number of hydrogen-bond donors (Lipinski definition) is 2. The Labute approximate surface area is 160 Å². The van der Waals surface area contributed by atoms with Crippen molar-refractivity contribution in [2.24, 2.45) is 17.3 Å². The monoisotopic (exact) mass is 377 g/mol. The van der Waals surface area contributed by atoms with Crippen molar-refractivity contribution in [3.8, 4) is 0 Å². The van der Waals surface area contributed by atoms with Gasteiger partial charge in [-0.2, -0.15) is 0 Å². The largest absolute Gasteiger partial charge is 0.481 e. The molecule has 0 aromatic carbocycles. The summed E-state index contributed by atoms with van der Waals surface area (Å²) in [6.07, 6.45) is 8.29.